The van der Waals surface area contributed by atoms with Gasteiger partial charge in [-0.3, -0.25) is 4.90 Å². The molecular formula is C27H27NO3. The molecular weight excluding hydrogens is 386 g/mol. The van der Waals surface area contributed by atoms with E-state index in [1.165, 1.54) is 34.8 Å². The van der Waals surface area contributed by atoms with E-state index in [1.807, 2.05) is 18.2 Å². The zero-order chi connectivity index (χ0) is 20.8. The van der Waals surface area contributed by atoms with Crippen LogP contribution < -0.4 is 14.2 Å². The molecule has 1 saturated heterocycles. The Morgan fingerprint density at radius 1 is 1.00 bits per heavy atom. The highest BCUT2D eigenvalue weighted by Crippen LogP contribution is 2.42. The predicted octanol–water partition coefficient (Wildman–Crippen LogP) is 5.31. The lowest BCUT2D eigenvalue weighted by Crippen LogP contribution is -2.47. The Morgan fingerprint density at radius 2 is 1.90 bits per heavy atom. The third kappa shape index (κ3) is 3.35. The summed E-state index contributed by atoms with van der Waals surface area (Å²) in [6.45, 7) is 1.46. The molecule has 3 heterocycles. The molecule has 3 aliphatic rings. The van der Waals surface area contributed by atoms with Gasteiger partial charge in [0.05, 0.1) is 7.11 Å². The number of ether oxygens (including phenoxy) is 3. The maximum absolute atomic E-state index is 6.33. The fraction of sp³-hybridized carbons (Fsp3) is 0.333. The van der Waals surface area contributed by atoms with E-state index >= 15 is 0 Å². The summed E-state index contributed by atoms with van der Waals surface area (Å²) in [7, 11) is 1.67. The minimum absolute atomic E-state index is 0.0162. The van der Waals surface area contributed by atoms with Crippen molar-refractivity contribution in [3.63, 3.8) is 0 Å². The quantitative estimate of drug-likeness (QED) is 0.580. The van der Waals surface area contributed by atoms with Crippen molar-refractivity contribution < 1.29 is 14.2 Å². The second kappa shape index (κ2) is 7.61. The van der Waals surface area contributed by atoms with Gasteiger partial charge in [-0.2, -0.15) is 0 Å². The number of hydrogen-bond acceptors (Lipinski definition) is 4. The molecule has 1 fully saturated rings. The van der Waals surface area contributed by atoms with Crippen LogP contribution in [-0.4, -0.2) is 43.3 Å². The van der Waals surface area contributed by atoms with Crippen LogP contribution in [-0.2, 0) is 0 Å². The lowest BCUT2D eigenvalue weighted by atomic mass is 9.93. The van der Waals surface area contributed by atoms with Gasteiger partial charge in [0.25, 0.3) is 0 Å². The van der Waals surface area contributed by atoms with Gasteiger partial charge >= 0.3 is 0 Å². The van der Waals surface area contributed by atoms with E-state index in [0.29, 0.717) is 18.7 Å². The highest BCUT2D eigenvalue weighted by atomic mass is 16.6. The molecule has 2 unspecified atom stereocenters. The zero-order valence-electron chi connectivity index (χ0n) is 17.8. The largest absolute Gasteiger partial charge is 0.493 e. The molecule has 3 aromatic carbocycles. The van der Waals surface area contributed by atoms with Crippen molar-refractivity contribution >= 4 is 16.3 Å². The number of para-hydroxylation sites is 1. The van der Waals surface area contributed by atoms with Gasteiger partial charge in [-0.15, -0.1) is 0 Å². The van der Waals surface area contributed by atoms with E-state index in [4.69, 9.17) is 14.2 Å². The number of nitrogens with zero attached hydrogens (tertiary/aromatic N) is 1. The molecule has 4 nitrogen and oxygen atoms in total. The highest BCUT2D eigenvalue weighted by Gasteiger charge is 2.39. The molecule has 0 aliphatic carbocycles. The standard InChI is InChI=1S/C27H27NO3/c1-29-25-7-4-8-26-27(25)31-24(17-30-26)16-28-22-11-12-23(28)15-21(14-22)20-10-9-18-5-2-3-6-19(18)13-20/h2-10,13-14,22-24H,11-12,15-17H2,1H3/t22?,23?,24-/m0/s1. The van der Waals surface area contributed by atoms with Crippen molar-refractivity contribution in [2.24, 2.45) is 0 Å². The molecule has 158 valence electrons. The van der Waals surface area contributed by atoms with Crippen LogP contribution >= 0.6 is 0 Å². The van der Waals surface area contributed by atoms with Crippen LogP contribution in [0.4, 0.5) is 0 Å². The first-order valence-electron chi connectivity index (χ1n) is 11.2. The Morgan fingerprint density at radius 3 is 2.77 bits per heavy atom. The summed E-state index contributed by atoms with van der Waals surface area (Å²) in [5.74, 6) is 2.25. The maximum Gasteiger partial charge on any atom is 0.204 e. The second-order valence-electron chi connectivity index (χ2n) is 8.79. The van der Waals surface area contributed by atoms with E-state index in [1.54, 1.807) is 7.11 Å². The third-order valence-electron chi connectivity index (χ3n) is 6.95. The van der Waals surface area contributed by atoms with Crippen LogP contribution in [0.25, 0.3) is 16.3 Å². The molecule has 0 radical (unpaired) electrons. The monoisotopic (exact) mass is 413 g/mol. The van der Waals surface area contributed by atoms with Gasteiger partial charge in [-0.1, -0.05) is 48.5 Å². The smallest absolute Gasteiger partial charge is 0.204 e. The van der Waals surface area contributed by atoms with E-state index in [0.717, 1.165) is 30.2 Å². The van der Waals surface area contributed by atoms with Gasteiger partial charge in [0.15, 0.2) is 11.5 Å². The Labute approximate surface area is 183 Å². The lowest BCUT2D eigenvalue weighted by molar-refractivity contribution is 0.0447. The fourth-order valence-electron chi connectivity index (χ4n) is 5.40. The molecule has 0 aromatic heterocycles. The summed E-state index contributed by atoms with van der Waals surface area (Å²) >= 11 is 0. The molecule has 3 atom stereocenters. The first-order valence-corrected chi connectivity index (χ1v) is 11.2. The topological polar surface area (TPSA) is 30.9 Å². The third-order valence-corrected chi connectivity index (χ3v) is 6.95. The van der Waals surface area contributed by atoms with E-state index in [2.05, 4.69) is 53.4 Å². The second-order valence-corrected chi connectivity index (χ2v) is 8.79. The Kier molecular flexibility index (Phi) is 4.61. The normalized spacial score (nSPS) is 24.8. The summed E-state index contributed by atoms with van der Waals surface area (Å²) < 4.78 is 17.8. The van der Waals surface area contributed by atoms with Crippen LogP contribution in [0, 0.1) is 0 Å². The summed E-state index contributed by atoms with van der Waals surface area (Å²) in [5, 5.41) is 2.62. The van der Waals surface area contributed by atoms with Crippen LogP contribution in [0.5, 0.6) is 17.2 Å². The summed E-state index contributed by atoms with van der Waals surface area (Å²) in [4.78, 5) is 2.62. The minimum atomic E-state index is 0.0162. The van der Waals surface area contributed by atoms with Crippen LogP contribution in [0.3, 0.4) is 0 Å². The number of fused-ring (bicyclic) bond motifs is 4. The van der Waals surface area contributed by atoms with Gasteiger partial charge in [-0.25, -0.2) is 0 Å². The van der Waals surface area contributed by atoms with Gasteiger partial charge < -0.3 is 14.2 Å². The number of methoxy groups -OCH3 is 1. The average Bonchev–Trinajstić information content (AvgIpc) is 3.04. The molecule has 3 aromatic rings. The van der Waals surface area contributed by atoms with Crippen LogP contribution in [0.1, 0.15) is 24.8 Å². The molecule has 2 bridgehead atoms. The van der Waals surface area contributed by atoms with Crippen LogP contribution in [0.2, 0.25) is 0 Å². The first-order chi connectivity index (χ1) is 15.3. The number of hydrogen-bond donors (Lipinski definition) is 0. The van der Waals surface area contributed by atoms with Crippen molar-refractivity contribution in [1.82, 2.24) is 4.90 Å². The number of rotatable bonds is 4. The van der Waals surface area contributed by atoms with Crippen LogP contribution in [0.15, 0.2) is 66.7 Å². The van der Waals surface area contributed by atoms with Crippen molar-refractivity contribution in [2.75, 3.05) is 20.3 Å². The summed E-state index contributed by atoms with van der Waals surface area (Å²) in [5.41, 5.74) is 2.86. The van der Waals surface area contributed by atoms with Gasteiger partial charge in [0.2, 0.25) is 5.75 Å². The van der Waals surface area contributed by atoms with E-state index in [9.17, 15) is 0 Å². The average molecular weight is 414 g/mol. The lowest BCUT2D eigenvalue weighted by Gasteiger charge is -2.37. The molecule has 4 heteroatoms. The molecule has 0 amide bonds. The van der Waals surface area contributed by atoms with Crippen molar-refractivity contribution in [2.45, 2.75) is 37.5 Å². The van der Waals surface area contributed by atoms with E-state index < -0.39 is 0 Å². The molecule has 0 spiro atoms. The molecule has 31 heavy (non-hydrogen) atoms. The maximum atomic E-state index is 6.33. The predicted molar refractivity (Wildman–Crippen MR) is 123 cm³/mol. The molecule has 6 rings (SSSR count). The van der Waals surface area contributed by atoms with Gasteiger partial charge in [-0.05, 0) is 59.4 Å². The van der Waals surface area contributed by atoms with Gasteiger partial charge in [0, 0.05) is 18.6 Å². The number of benzene rings is 3. The van der Waals surface area contributed by atoms with Crippen molar-refractivity contribution in [1.29, 1.82) is 0 Å². The Bertz CT molecular complexity index is 1140. The Hall–Kier alpha value is -2.98. The highest BCUT2D eigenvalue weighted by molar-refractivity contribution is 5.86. The van der Waals surface area contributed by atoms with Gasteiger partial charge in [0.1, 0.15) is 12.7 Å². The summed E-state index contributed by atoms with van der Waals surface area (Å²) in [6, 6.07) is 22.3. The minimum Gasteiger partial charge on any atom is -0.493 e. The first kappa shape index (κ1) is 18.8. The fourth-order valence-corrected chi connectivity index (χ4v) is 5.40. The van der Waals surface area contributed by atoms with E-state index in [-0.39, 0.29) is 6.10 Å². The summed E-state index contributed by atoms with van der Waals surface area (Å²) in [6.07, 6.45) is 6.07. The SMILES string of the molecule is COc1cccc2c1O[C@@H](CN1C3C=C(c4ccc5ccccc5c4)CC1CC3)CO2. The molecule has 0 saturated carbocycles. The Balaban J connectivity index is 1.21. The van der Waals surface area contributed by atoms with Crippen molar-refractivity contribution in [3.05, 3.63) is 72.3 Å². The zero-order valence-corrected chi connectivity index (χ0v) is 17.8. The van der Waals surface area contributed by atoms with Crippen molar-refractivity contribution in [3.8, 4) is 17.2 Å². The molecule has 0 N–H and O–H groups in total. The molecule has 3 aliphatic heterocycles.